The fourth-order valence-electron chi connectivity index (χ4n) is 2.31. The number of aromatic nitrogens is 1. The number of aliphatic hydroxyl groups excluding tert-OH is 1. The highest BCUT2D eigenvalue weighted by Gasteiger charge is 2.16. The van der Waals surface area contributed by atoms with Crippen molar-refractivity contribution in [2.45, 2.75) is 39.6 Å². The zero-order valence-corrected chi connectivity index (χ0v) is 12.0. The van der Waals surface area contributed by atoms with Crippen molar-refractivity contribution < 1.29 is 9.84 Å². The van der Waals surface area contributed by atoms with E-state index in [1.807, 2.05) is 13.0 Å². The van der Waals surface area contributed by atoms with Crippen LogP contribution >= 0.6 is 11.3 Å². The van der Waals surface area contributed by atoms with Crippen molar-refractivity contribution in [3.8, 4) is 0 Å². The van der Waals surface area contributed by atoms with Crippen LogP contribution in [0.1, 0.15) is 38.4 Å². The predicted octanol–water partition coefficient (Wildman–Crippen LogP) is 3.07. The first-order chi connectivity index (χ1) is 9.13. The molecule has 0 aliphatic carbocycles. The van der Waals surface area contributed by atoms with Crippen LogP contribution in [0.25, 0.3) is 0 Å². The van der Waals surface area contributed by atoms with Crippen molar-refractivity contribution in [3.05, 3.63) is 50.5 Å². The van der Waals surface area contributed by atoms with Gasteiger partial charge in [-0.25, -0.2) is 4.98 Å². The standard InChI is InChI=1S/C15H17NO2S/c1-9-10(2)19-15(16-9)6-14(17)11-3-4-12-7-18-8-13(12)5-11/h3-5,14,17H,6-8H2,1-2H3. The molecule has 3 nitrogen and oxygen atoms in total. The van der Waals surface area contributed by atoms with Crippen molar-refractivity contribution in [1.82, 2.24) is 4.98 Å². The summed E-state index contributed by atoms with van der Waals surface area (Å²) in [5, 5.41) is 11.3. The van der Waals surface area contributed by atoms with Gasteiger partial charge < -0.3 is 9.84 Å². The molecule has 2 heterocycles. The number of aryl methyl sites for hydroxylation is 2. The van der Waals surface area contributed by atoms with Crippen molar-refractivity contribution >= 4 is 11.3 Å². The van der Waals surface area contributed by atoms with E-state index in [2.05, 4.69) is 24.0 Å². The number of rotatable bonds is 3. The van der Waals surface area contributed by atoms with Crippen LogP contribution in [0.4, 0.5) is 0 Å². The molecule has 1 N–H and O–H groups in total. The molecular formula is C15H17NO2S. The van der Waals surface area contributed by atoms with Crippen molar-refractivity contribution in [3.63, 3.8) is 0 Å². The summed E-state index contributed by atoms with van der Waals surface area (Å²) in [6.45, 7) is 5.42. The molecule has 1 aromatic carbocycles. The van der Waals surface area contributed by atoms with Gasteiger partial charge in [-0.15, -0.1) is 11.3 Å². The fourth-order valence-corrected chi connectivity index (χ4v) is 3.28. The number of hydrogen-bond acceptors (Lipinski definition) is 4. The number of hydrogen-bond donors (Lipinski definition) is 1. The van der Waals surface area contributed by atoms with Crippen LogP contribution in [0.3, 0.4) is 0 Å². The summed E-state index contributed by atoms with van der Waals surface area (Å²) in [6.07, 6.45) is 0.0924. The first-order valence-corrected chi connectivity index (χ1v) is 7.25. The molecule has 0 fully saturated rings. The van der Waals surface area contributed by atoms with Gasteiger partial charge in [0.1, 0.15) is 0 Å². The highest BCUT2D eigenvalue weighted by Crippen LogP contribution is 2.27. The molecule has 3 rings (SSSR count). The molecule has 0 saturated carbocycles. The highest BCUT2D eigenvalue weighted by molar-refractivity contribution is 7.11. The number of benzene rings is 1. The number of aliphatic hydroxyl groups is 1. The summed E-state index contributed by atoms with van der Waals surface area (Å²) in [5.74, 6) is 0. The van der Waals surface area contributed by atoms with Crippen LogP contribution in [-0.4, -0.2) is 10.1 Å². The zero-order chi connectivity index (χ0) is 13.4. The van der Waals surface area contributed by atoms with Gasteiger partial charge in [-0.2, -0.15) is 0 Å². The molecule has 0 amide bonds. The molecule has 0 bridgehead atoms. The number of ether oxygens (including phenoxy) is 1. The maximum atomic E-state index is 10.3. The summed E-state index contributed by atoms with van der Waals surface area (Å²) < 4.78 is 5.40. The SMILES string of the molecule is Cc1nc(CC(O)c2ccc3c(c2)COC3)sc1C. The van der Waals surface area contributed by atoms with E-state index in [0.29, 0.717) is 19.6 Å². The van der Waals surface area contributed by atoms with Crippen LogP contribution in [0.5, 0.6) is 0 Å². The Morgan fingerprint density at radius 3 is 2.84 bits per heavy atom. The normalized spacial score (nSPS) is 15.5. The molecule has 1 atom stereocenters. The number of fused-ring (bicyclic) bond motifs is 1. The van der Waals surface area contributed by atoms with E-state index in [-0.39, 0.29) is 0 Å². The lowest BCUT2D eigenvalue weighted by atomic mass is 10.0. The van der Waals surface area contributed by atoms with Gasteiger partial charge in [-0.3, -0.25) is 0 Å². The molecule has 1 aromatic heterocycles. The van der Waals surface area contributed by atoms with Crippen molar-refractivity contribution in [2.75, 3.05) is 0 Å². The number of thiazole rings is 1. The molecule has 2 aromatic rings. The molecule has 1 unspecified atom stereocenters. The van der Waals surface area contributed by atoms with E-state index < -0.39 is 6.10 Å². The maximum absolute atomic E-state index is 10.3. The van der Waals surface area contributed by atoms with Crippen LogP contribution in [0, 0.1) is 13.8 Å². The third-order valence-corrected chi connectivity index (χ3v) is 4.67. The Morgan fingerprint density at radius 2 is 2.11 bits per heavy atom. The van der Waals surface area contributed by atoms with E-state index >= 15 is 0 Å². The van der Waals surface area contributed by atoms with E-state index in [0.717, 1.165) is 16.3 Å². The quantitative estimate of drug-likeness (QED) is 0.936. The highest BCUT2D eigenvalue weighted by atomic mass is 32.1. The molecule has 19 heavy (non-hydrogen) atoms. The van der Waals surface area contributed by atoms with Gasteiger partial charge in [0.15, 0.2) is 0 Å². The van der Waals surface area contributed by atoms with E-state index in [9.17, 15) is 5.11 Å². The van der Waals surface area contributed by atoms with Crippen molar-refractivity contribution in [2.24, 2.45) is 0 Å². The Morgan fingerprint density at radius 1 is 1.32 bits per heavy atom. The maximum Gasteiger partial charge on any atom is 0.0960 e. The fraction of sp³-hybridized carbons (Fsp3) is 0.400. The van der Waals surface area contributed by atoms with Gasteiger partial charge in [0.2, 0.25) is 0 Å². The summed E-state index contributed by atoms with van der Waals surface area (Å²) in [7, 11) is 0. The molecule has 0 spiro atoms. The van der Waals surface area contributed by atoms with Gasteiger partial charge in [-0.1, -0.05) is 18.2 Å². The van der Waals surface area contributed by atoms with E-state index in [1.165, 1.54) is 16.0 Å². The Hall–Kier alpha value is -1.23. The lowest BCUT2D eigenvalue weighted by molar-refractivity contribution is 0.134. The molecular weight excluding hydrogens is 258 g/mol. The second-order valence-electron chi connectivity index (χ2n) is 4.99. The largest absolute Gasteiger partial charge is 0.388 e. The van der Waals surface area contributed by atoms with Gasteiger partial charge in [0.05, 0.1) is 30.0 Å². The van der Waals surface area contributed by atoms with Gasteiger partial charge in [0, 0.05) is 11.3 Å². The third-order valence-electron chi connectivity index (χ3n) is 3.57. The van der Waals surface area contributed by atoms with E-state index in [4.69, 9.17) is 4.74 Å². The summed E-state index contributed by atoms with van der Waals surface area (Å²) in [6, 6.07) is 6.10. The second kappa shape index (κ2) is 5.04. The predicted molar refractivity (Wildman–Crippen MR) is 75.2 cm³/mol. The number of nitrogens with zero attached hydrogens (tertiary/aromatic N) is 1. The molecule has 100 valence electrons. The minimum Gasteiger partial charge on any atom is -0.388 e. The Kier molecular flexibility index (Phi) is 3.39. The van der Waals surface area contributed by atoms with Crippen LogP contribution in [0.2, 0.25) is 0 Å². The minimum atomic E-state index is -0.490. The summed E-state index contributed by atoms with van der Waals surface area (Å²) in [4.78, 5) is 5.71. The lowest BCUT2D eigenvalue weighted by Crippen LogP contribution is -2.02. The molecule has 4 heteroatoms. The molecule has 0 radical (unpaired) electrons. The lowest BCUT2D eigenvalue weighted by Gasteiger charge is -2.10. The first kappa shape index (κ1) is 12.8. The minimum absolute atomic E-state index is 0.490. The first-order valence-electron chi connectivity index (χ1n) is 6.44. The smallest absolute Gasteiger partial charge is 0.0960 e. The monoisotopic (exact) mass is 275 g/mol. The third kappa shape index (κ3) is 2.56. The molecule has 1 aliphatic heterocycles. The van der Waals surface area contributed by atoms with Crippen LogP contribution < -0.4 is 0 Å². The Bertz CT molecular complexity index is 587. The Balaban J connectivity index is 1.78. The second-order valence-corrected chi connectivity index (χ2v) is 6.28. The average Bonchev–Trinajstić information content (AvgIpc) is 2.96. The average molecular weight is 275 g/mol. The van der Waals surface area contributed by atoms with Gasteiger partial charge in [-0.05, 0) is 30.5 Å². The van der Waals surface area contributed by atoms with Crippen LogP contribution in [0.15, 0.2) is 18.2 Å². The van der Waals surface area contributed by atoms with Crippen molar-refractivity contribution in [1.29, 1.82) is 0 Å². The molecule has 0 saturated heterocycles. The summed E-state index contributed by atoms with van der Waals surface area (Å²) >= 11 is 1.67. The zero-order valence-electron chi connectivity index (χ0n) is 11.1. The molecule has 1 aliphatic rings. The van der Waals surface area contributed by atoms with E-state index in [1.54, 1.807) is 11.3 Å². The van der Waals surface area contributed by atoms with Crippen LogP contribution in [-0.2, 0) is 24.4 Å². The van der Waals surface area contributed by atoms with Gasteiger partial charge in [0.25, 0.3) is 0 Å². The Labute approximate surface area is 116 Å². The topological polar surface area (TPSA) is 42.4 Å². The van der Waals surface area contributed by atoms with Gasteiger partial charge >= 0.3 is 0 Å². The summed E-state index contributed by atoms with van der Waals surface area (Å²) in [5.41, 5.74) is 4.45.